The Hall–Kier alpha value is -4.65. The first-order valence-electron chi connectivity index (χ1n) is 11.5. The number of methoxy groups -OCH3 is 1. The molecule has 1 aliphatic heterocycles. The topological polar surface area (TPSA) is 92.9 Å². The molecule has 2 unspecified atom stereocenters. The molecule has 0 radical (unpaired) electrons. The summed E-state index contributed by atoms with van der Waals surface area (Å²) in [4.78, 5) is 28.2. The molecule has 1 saturated heterocycles. The van der Waals surface area contributed by atoms with Crippen molar-refractivity contribution >= 4 is 23.1 Å². The van der Waals surface area contributed by atoms with Crippen LogP contribution in [0.1, 0.15) is 24.0 Å². The molecule has 0 aliphatic carbocycles. The maximum Gasteiger partial charge on any atom is 0.299 e. The van der Waals surface area contributed by atoms with Crippen LogP contribution in [-0.2, 0) is 9.59 Å². The Morgan fingerprint density at radius 2 is 1.67 bits per heavy atom. The van der Waals surface area contributed by atoms with Crippen LogP contribution in [0.2, 0.25) is 0 Å². The molecule has 180 valence electrons. The van der Waals surface area contributed by atoms with Crippen LogP contribution in [0.3, 0.4) is 0 Å². The average molecular weight is 481 g/mol. The third kappa shape index (κ3) is 4.05. The molecule has 4 aromatic rings. The van der Waals surface area contributed by atoms with Crippen molar-refractivity contribution in [3.8, 4) is 17.0 Å². The maximum absolute atomic E-state index is 13.4. The highest BCUT2D eigenvalue weighted by atomic mass is 16.5. The molecule has 2 heterocycles. The smallest absolute Gasteiger partial charge is 0.299 e. The first-order valence-corrected chi connectivity index (χ1v) is 11.5. The molecule has 2 atom stereocenters. The van der Waals surface area contributed by atoms with E-state index in [0.717, 1.165) is 11.1 Å². The van der Waals surface area contributed by atoms with E-state index >= 15 is 0 Å². The molecule has 1 aliphatic rings. The normalized spacial score (nSPS) is 17.8. The minimum Gasteiger partial charge on any atom is -0.507 e. The van der Waals surface area contributed by atoms with Crippen molar-refractivity contribution in [3.05, 3.63) is 108 Å². The fraction of sp³-hybridized carbons (Fsp3) is 0.138. The molecule has 0 spiro atoms. The van der Waals surface area contributed by atoms with Gasteiger partial charge < -0.3 is 14.4 Å². The van der Waals surface area contributed by atoms with Crippen LogP contribution >= 0.6 is 0 Å². The van der Waals surface area contributed by atoms with Gasteiger partial charge in [-0.15, -0.1) is 0 Å². The van der Waals surface area contributed by atoms with Gasteiger partial charge in [-0.3, -0.25) is 14.5 Å². The van der Waals surface area contributed by atoms with Crippen LogP contribution in [0, 0.1) is 0 Å². The van der Waals surface area contributed by atoms with Crippen LogP contribution < -0.4 is 9.64 Å². The van der Waals surface area contributed by atoms with Crippen molar-refractivity contribution in [1.29, 1.82) is 0 Å². The van der Waals surface area contributed by atoms with Crippen LogP contribution in [0.25, 0.3) is 17.0 Å². The molecule has 7 heteroatoms. The van der Waals surface area contributed by atoms with E-state index in [2.05, 4.69) is 5.16 Å². The molecular weight excluding hydrogens is 456 g/mol. The number of aliphatic hydroxyl groups excluding tert-OH is 1. The van der Waals surface area contributed by atoms with Gasteiger partial charge in [0.2, 0.25) is 0 Å². The lowest BCUT2D eigenvalue weighted by Crippen LogP contribution is -2.37. The van der Waals surface area contributed by atoms with Gasteiger partial charge >= 0.3 is 0 Å². The molecule has 0 bridgehead atoms. The second-order valence-electron chi connectivity index (χ2n) is 8.57. The lowest BCUT2D eigenvalue weighted by Gasteiger charge is -2.30. The highest BCUT2D eigenvalue weighted by molar-refractivity contribution is 6.52. The molecule has 1 amide bonds. The van der Waals surface area contributed by atoms with E-state index < -0.39 is 17.7 Å². The molecule has 1 aromatic heterocycles. The lowest BCUT2D eigenvalue weighted by atomic mass is 9.87. The zero-order valence-corrected chi connectivity index (χ0v) is 19.8. The first-order chi connectivity index (χ1) is 17.5. The molecule has 36 heavy (non-hydrogen) atoms. The van der Waals surface area contributed by atoms with Gasteiger partial charge in [-0.1, -0.05) is 54.5 Å². The number of ether oxygens (including phenoxy) is 1. The van der Waals surface area contributed by atoms with Crippen LogP contribution in [0.5, 0.6) is 5.75 Å². The van der Waals surface area contributed by atoms with Gasteiger partial charge in [0.1, 0.15) is 23.5 Å². The average Bonchev–Trinajstić information content (AvgIpc) is 3.56. The predicted molar refractivity (Wildman–Crippen MR) is 136 cm³/mol. The highest BCUT2D eigenvalue weighted by Crippen LogP contribution is 2.40. The van der Waals surface area contributed by atoms with Gasteiger partial charge in [-0.25, -0.2) is 0 Å². The van der Waals surface area contributed by atoms with E-state index in [4.69, 9.17) is 9.26 Å². The van der Waals surface area contributed by atoms with E-state index in [1.54, 1.807) is 49.6 Å². The zero-order chi connectivity index (χ0) is 25.2. The largest absolute Gasteiger partial charge is 0.507 e. The Bertz CT molecular complexity index is 1410. The zero-order valence-electron chi connectivity index (χ0n) is 19.8. The Kier molecular flexibility index (Phi) is 6.12. The monoisotopic (exact) mass is 480 g/mol. The molecule has 0 saturated carbocycles. The quantitative estimate of drug-likeness (QED) is 0.225. The minimum absolute atomic E-state index is 0.0714. The third-order valence-corrected chi connectivity index (χ3v) is 6.53. The van der Waals surface area contributed by atoms with E-state index in [0.29, 0.717) is 22.7 Å². The number of aliphatic hydroxyl groups is 1. The Labute approximate surface area is 208 Å². The lowest BCUT2D eigenvalue weighted by molar-refractivity contribution is -0.132. The standard InChI is InChI=1S/C29H24N2O5/c1-18(19-6-4-3-5-7-19)26-25(27(32)21-10-14-23(35-2)15-11-21)28(33)29(34)31(26)22-12-8-20(9-13-22)24-16-17-36-30-24/h3-18,26,32H,1-2H3/b27-25-. The second-order valence-corrected chi connectivity index (χ2v) is 8.57. The SMILES string of the molecule is COc1ccc(/C(O)=C2/C(=O)C(=O)N(c3ccc(-c4ccon4)cc3)C2C(C)c2ccccc2)cc1. The maximum atomic E-state index is 13.4. The van der Waals surface area contributed by atoms with Crippen molar-refractivity contribution in [1.82, 2.24) is 5.16 Å². The van der Waals surface area contributed by atoms with Crippen molar-refractivity contribution in [2.75, 3.05) is 12.0 Å². The van der Waals surface area contributed by atoms with Gasteiger partial charge in [0.15, 0.2) is 0 Å². The number of Topliss-reactive ketones (excluding diaryl/α,β-unsaturated/α-hetero) is 1. The van der Waals surface area contributed by atoms with Crippen LogP contribution in [0.4, 0.5) is 5.69 Å². The van der Waals surface area contributed by atoms with Crippen LogP contribution in [0.15, 0.2) is 101 Å². The summed E-state index contributed by atoms with van der Waals surface area (Å²) in [5, 5.41) is 15.2. The summed E-state index contributed by atoms with van der Waals surface area (Å²) >= 11 is 0. The number of ketones is 1. The number of benzene rings is 3. The Morgan fingerprint density at radius 1 is 0.972 bits per heavy atom. The van der Waals surface area contributed by atoms with Crippen molar-refractivity contribution in [2.45, 2.75) is 18.9 Å². The van der Waals surface area contributed by atoms with E-state index in [1.165, 1.54) is 11.2 Å². The van der Waals surface area contributed by atoms with Crippen LogP contribution in [-0.4, -0.2) is 35.1 Å². The molecule has 5 rings (SSSR count). The molecular formula is C29H24N2O5. The van der Waals surface area contributed by atoms with Gasteiger partial charge in [0, 0.05) is 28.8 Å². The fourth-order valence-corrected chi connectivity index (χ4v) is 4.61. The van der Waals surface area contributed by atoms with Gasteiger partial charge in [0.05, 0.1) is 18.7 Å². The van der Waals surface area contributed by atoms with Gasteiger partial charge in [-0.2, -0.15) is 0 Å². The number of carbonyl (C=O) groups is 2. The molecule has 1 fully saturated rings. The number of amides is 1. The highest BCUT2D eigenvalue weighted by Gasteiger charge is 2.48. The summed E-state index contributed by atoms with van der Waals surface area (Å²) < 4.78 is 10.1. The Morgan fingerprint density at radius 3 is 2.28 bits per heavy atom. The van der Waals surface area contributed by atoms with Crippen molar-refractivity contribution in [3.63, 3.8) is 0 Å². The van der Waals surface area contributed by atoms with E-state index in [-0.39, 0.29) is 17.3 Å². The summed E-state index contributed by atoms with van der Waals surface area (Å²) in [6, 6.07) is 24.6. The van der Waals surface area contributed by atoms with Gasteiger partial charge in [0.25, 0.3) is 11.7 Å². The number of carbonyl (C=O) groups excluding carboxylic acids is 2. The number of rotatable bonds is 6. The summed E-state index contributed by atoms with van der Waals surface area (Å²) in [7, 11) is 1.55. The number of aromatic nitrogens is 1. The third-order valence-electron chi connectivity index (χ3n) is 6.53. The van der Waals surface area contributed by atoms with E-state index in [1.807, 2.05) is 49.4 Å². The number of nitrogens with zero attached hydrogens (tertiary/aromatic N) is 2. The second kappa shape index (κ2) is 9.54. The molecule has 1 N–H and O–H groups in total. The number of hydrogen-bond acceptors (Lipinski definition) is 6. The molecule has 3 aromatic carbocycles. The first kappa shape index (κ1) is 23.1. The Balaban J connectivity index is 1.63. The predicted octanol–water partition coefficient (Wildman–Crippen LogP) is 5.41. The fourth-order valence-electron chi connectivity index (χ4n) is 4.61. The summed E-state index contributed by atoms with van der Waals surface area (Å²) in [6.07, 6.45) is 1.49. The summed E-state index contributed by atoms with van der Waals surface area (Å²) in [5.41, 5.74) is 3.47. The minimum atomic E-state index is -0.725. The summed E-state index contributed by atoms with van der Waals surface area (Å²) in [6.45, 7) is 1.95. The molecule has 7 nitrogen and oxygen atoms in total. The summed E-state index contributed by atoms with van der Waals surface area (Å²) in [5.74, 6) is -1.30. The van der Waals surface area contributed by atoms with Crippen molar-refractivity contribution in [2.24, 2.45) is 0 Å². The number of hydrogen-bond donors (Lipinski definition) is 1. The van der Waals surface area contributed by atoms with Crippen molar-refractivity contribution < 1.29 is 24.0 Å². The van der Waals surface area contributed by atoms with Gasteiger partial charge in [-0.05, 0) is 42.0 Å². The number of anilines is 1. The van der Waals surface area contributed by atoms with E-state index in [9.17, 15) is 14.7 Å².